The number of nitro benzene ring substituents is 1. The number of rotatable bonds is 5. The molecule has 3 N–H and O–H groups in total. The minimum Gasteiger partial charge on any atom is -0.350 e. The van der Waals surface area contributed by atoms with Gasteiger partial charge in [-0.25, -0.2) is 10.2 Å². The van der Waals surface area contributed by atoms with Gasteiger partial charge in [0.15, 0.2) is 0 Å². The minimum absolute atomic E-state index is 0.0566. The van der Waals surface area contributed by atoms with Gasteiger partial charge >= 0.3 is 6.03 Å². The Morgan fingerprint density at radius 3 is 2.16 bits per heavy atom. The van der Waals surface area contributed by atoms with Crippen LogP contribution in [0.4, 0.5) is 10.5 Å². The molecule has 0 fully saturated rings. The summed E-state index contributed by atoms with van der Waals surface area (Å²) in [5.74, 6) is 0.0676. The number of nitro groups is 1. The zero-order chi connectivity index (χ0) is 22.5. The first-order valence-electron chi connectivity index (χ1n) is 10.2. The Hall–Kier alpha value is -4.26. The summed E-state index contributed by atoms with van der Waals surface area (Å²) in [6.45, 7) is 0. The Morgan fingerprint density at radius 2 is 1.53 bits per heavy atom. The molecule has 1 aliphatic carbocycles. The van der Waals surface area contributed by atoms with Crippen molar-refractivity contribution in [3.63, 3.8) is 0 Å². The molecule has 0 bridgehead atoms. The second kappa shape index (κ2) is 9.26. The SMILES string of the molecule is NC(=O)N/N=C1/C=C(c2ccc(-c3ccccc3)cc2)CC(c2ccc([N+](=O)[O-])cc2)C1. The number of carbonyl (C=O) groups is 1. The number of carbonyl (C=O) groups excluding carboxylic acids is 1. The molecular formula is C25H22N4O3. The third-order valence-corrected chi connectivity index (χ3v) is 5.51. The van der Waals surface area contributed by atoms with Gasteiger partial charge in [0.2, 0.25) is 0 Å². The number of allylic oxidation sites excluding steroid dienone is 2. The van der Waals surface area contributed by atoms with Crippen molar-refractivity contribution in [1.29, 1.82) is 0 Å². The van der Waals surface area contributed by atoms with Crippen molar-refractivity contribution in [3.8, 4) is 11.1 Å². The van der Waals surface area contributed by atoms with Gasteiger partial charge in [0.25, 0.3) is 5.69 Å². The summed E-state index contributed by atoms with van der Waals surface area (Å²) in [7, 11) is 0. The molecule has 1 aliphatic rings. The minimum atomic E-state index is -0.725. The summed E-state index contributed by atoms with van der Waals surface area (Å²) in [5, 5.41) is 15.1. The highest BCUT2D eigenvalue weighted by molar-refractivity contribution is 6.03. The number of non-ortho nitro benzene ring substituents is 1. The summed E-state index contributed by atoms with van der Waals surface area (Å²) in [6, 6.07) is 24.3. The fourth-order valence-corrected chi connectivity index (χ4v) is 3.93. The zero-order valence-electron chi connectivity index (χ0n) is 17.3. The lowest BCUT2D eigenvalue weighted by Gasteiger charge is -2.24. The molecule has 0 aliphatic heterocycles. The molecule has 32 heavy (non-hydrogen) atoms. The number of hydrogen-bond donors (Lipinski definition) is 2. The quantitative estimate of drug-likeness (QED) is 0.429. The molecule has 7 nitrogen and oxygen atoms in total. The molecule has 0 saturated heterocycles. The van der Waals surface area contributed by atoms with E-state index >= 15 is 0 Å². The maximum Gasteiger partial charge on any atom is 0.332 e. The van der Waals surface area contributed by atoms with Gasteiger partial charge in [0, 0.05) is 12.1 Å². The summed E-state index contributed by atoms with van der Waals surface area (Å²) in [5.41, 5.74) is 13.6. The monoisotopic (exact) mass is 426 g/mol. The van der Waals surface area contributed by atoms with E-state index in [0.29, 0.717) is 12.1 Å². The molecule has 1 atom stereocenters. The third kappa shape index (κ3) is 4.89. The van der Waals surface area contributed by atoms with Gasteiger partial charge in [0.1, 0.15) is 0 Å². The first-order chi connectivity index (χ1) is 15.5. The molecule has 0 saturated carbocycles. The Balaban J connectivity index is 1.63. The number of nitrogens with two attached hydrogens (primary N) is 1. The highest BCUT2D eigenvalue weighted by atomic mass is 16.6. The second-order valence-corrected chi connectivity index (χ2v) is 7.65. The van der Waals surface area contributed by atoms with Crippen molar-refractivity contribution in [3.05, 3.63) is 106 Å². The normalized spacial score (nSPS) is 16.9. The van der Waals surface area contributed by atoms with Crippen molar-refractivity contribution in [2.45, 2.75) is 18.8 Å². The van der Waals surface area contributed by atoms with Crippen LogP contribution >= 0.6 is 0 Å². The number of urea groups is 1. The largest absolute Gasteiger partial charge is 0.350 e. The number of amides is 2. The molecule has 0 heterocycles. The topological polar surface area (TPSA) is 111 Å². The van der Waals surface area contributed by atoms with Gasteiger partial charge < -0.3 is 5.73 Å². The molecule has 4 rings (SSSR count). The molecular weight excluding hydrogens is 404 g/mol. The number of primary amides is 1. The predicted octanol–water partition coefficient (Wildman–Crippen LogP) is 5.25. The number of hydrazone groups is 1. The van der Waals surface area contributed by atoms with E-state index in [0.717, 1.165) is 34.2 Å². The first-order valence-corrected chi connectivity index (χ1v) is 10.2. The zero-order valence-corrected chi connectivity index (χ0v) is 17.3. The van der Waals surface area contributed by atoms with Crippen LogP contribution in [0.15, 0.2) is 90.0 Å². The Kier molecular flexibility index (Phi) is 6.07. The maximum absolute atomic E-state index is 11.1. The number of nitrogens with zero attached hydrogens (tertiary/aromatic N) is 2. The molecule has 7 heteroatoms. The van der Waals surface area contributed by atoms with E-state index in [2.05, 4.69) is 46.9 Å². The highest BCUT2D eigenvalue weighted by Crippen LogP contribution is 2.37. The molecule has 0 spiro atoms. The standard InChI is InChI=1S/C25H22N4O3/c26-25(30)28-27-23-15-21(14-22(16-23)20-10-12-24(13-11-20)29(31)32)19-8-6-18(7-9-19)17-4-2-1-3-5-17/h1-13,15,22H,14,16H2,(H3,26,28,30)/b27-23-. The Bertz CT molecular complexity index is 1180. The van der Waals surface area contributed by atoms with Crippen molar-refractivity contribution >= 4 is 23.0 Å². The number of benzene rings is 3. The first kappa shape index (κ1) is 21.0. The Labute approximate surface area is 185 Å². The van der Waals surface area contributed by atoms with Gasteiger partial charge in [-0.15, -0.1) is 0 Å². The smallest absolute Gasteiger partial charge is 0.332 e. The summed E-state index contributed by atoms with van der Waals surface area (Å²) in [6.07, 6.45) is 3.30. The van der Waals surface area contributed by atoms with Crippen molar-refractivity contribution < 1.29 is 9.72 Å². The number of hydrogen-bond acceptors (Lipinski definition) is 4. The van der Waals surface area contributed by atoms with Crippen LogP contribution in [0, 0.1) is 10.1 Å². The van der Waals surface area contributed by atoms with Crippen molar-refractivity contribution in [2.75, 3.05) is 0 Å². The molecule has 1 unspecified atom stereocenters. The van der Waals surface area contributed by atoms with E-state index < -0.39 is 11.0 Å². The van der Waals surface area contributed by atoms with Crippen molar-refractivity contribution in [2.24, 2.45) is 10.8 Å². The van der Waals surface area contributed by atoms with E-state index in [-0.39, 0.29) is 11.6 Å². The van der Waals surface area contributed by atoms with Gasteiger partial charge in [-0.1, -0.05) is 66.7 Å². The lowest BCUT2D eigenvalue weighted by atomic mass is 9.80. The molecule has 2 amide bonds. The second-order valence-electron chi connectivity index (χ2n) is 7.65. The predicted molar refractivity (Wildman–Crippen MR) is 125 cm³/mol. The average molecular weight is 426 g/mol. The van der Waals surface area contributed by atoms with E-state index in [1.807, 2.05) is 24.3 Å². The molecule has 0 radical (unpaired) electrons. The van der Waals surface area contributed by atoms with E-state index in [9.17, 15) is 14.9 Å². The van der Waals surface area contributed by atoms with Crippen LogP contribution in [0.1, 0.15) is 29.9 Å². The summed E-state index contributed by atoms with van der Waals surface area (Å²) >= 11 is 0. The molecule has 3 aromatic rings. The van der Waals surface area contributed by atoms with E-state index in [1.165, 1.54) is 12.1 Å². The molecule has 0 aromatic heterocycles. The lowest BCUT2D eigenvalue weighted by Crippen LogP contribution is -2.26. The molecule has 3 aromatic carbocycles. The van der Waals surface area contributed by atoms with Crippen molar-refractivity contribution in [1.82, 2.24) is 5.43 Å². The van der Waals surface area contributed by atoms with Gasteiger partial charge in [-0.2, -0.15) is 5.10 Å². The maximum atomic E-state index is 11.1. The van der Waals surface area contributed by atoms with Gasteiger partial charge in [-0.3, -0.25) is 10.1 Å². The molecule has 160 valence electrons. The van der Waals surface area contributed by atoms with Crippen LogP contribution in [0.3, 0.4) is 0 Å². The highest BCUT2D eigenvalue weighted by Gasteiger charge is 2.23. The van der Waals surface area contributed by atoms with Crippen LogP contribution < -0.4 is 11.2 Å². The third-order valence-electron chi connectivity index (χ3n) is 5.51. The van der Waals surface area contributed by atoms with E-state index in [4.69, 9.17) is 5.73 Å². The lowest BCUT2D eigenvalue weighted by molar-refractivity contribution is -0.384. The summed E-state index contributed by atoms with van der Waals surface area (Å²) in [4.78, 5) is 21.7. The van der Waals surface area contributed by atoms with Crippen LogP contribution in [0.5, 0.6) is 0 Å². The van der Waals surface area contributed by atoms with Gasteiger partial charge in [-0.05, 0) is 52.7 Å². The Morgan fingerprint density at radius 1 is 0.906 bits per heavy atom. The fraction of sp³-hybridized carbons (Fsp3) is 0.120. The average Bonchev–Trinajstić information content (AvgIpc) is 2.83. The van der Waals surface area contributed by atoms with Crippen LogP contribution in [-0.2, 0) is 0 Å². The summed E-state index contributed by atoms with van der Waals surface area (Å²) < 4.78 is 0. The van der Waals surface area contributed by atoms with Crippen LogP contribution in [-0.4, -0.2) is 16.7 Å². The van der Waals surface area contributed by atoms with Crippen LogP contribution in [0.25, 0.3) is 16.7 Å². The van der Waals surface area contributed by atoms with E-state index in [1.54, 1.807) is 12.1 Å². The van der Waals surface area contributed by atoms with Gasteiger partial charge in [0.05, 0.1) is 10.6 Å². The van der Waals surface area contributed by atoms with Crippen LogP contribution in [0.2, 0.25) is 0 Å². The number of nitrogens with one attached hydrogen (secondary N) is 1. The fourth-order valence-electron chi connectivity index (χ4n) is 3.93.